The van der Waals surface area contributed by atoms with Crippen molar-refractivity contribution in [2.75, 3.05) is 6.61 Å². The van der Waals surface area contributed by atoms with Crippen LogP contribution in [0.2, 0.25) is 0 Å². The molecule has 0 spiro atoms. The fourth-order valence-electron chi connectivity index (χ4n) is 1.64. The van der Waals surface area contributed by atoms with Gasteiger partial charge in [-0.1, -0.05) is 12.1 Å². The van der Waals surface area contributed by atoms with Crippen LogP contribution >= 0.6 is 0 Å². The van der Waals surface area contributed by atoms with Crippen LogP contribution in [0.3, 0.4) is 0 Å². The summed E-state index contributed by atoms with van der Waals surface area (Å²) in [7, 11) is 0. The van der Waals surface area contributed by atoms with E-state index in [1.807, 2.05) is 0 Å². The number of nitrogens with one attached hydrogen (secondary N) is 1. The fraction of sp³-hybridized carbons (Fsp3) is 0.385. The Bertz CT molecular complexity index is 460. The van der Waals surface area contributed by atoms with Crippen LogP contribution in [-0.4, -0.2) is 45.9 Å². The van der Waals surface area contributed by atoms with Crippen molar-refractivity contribution in [3.05, 3.63) is 29.8 Å². The van der Waals surface area contributed by atoms with Gasteiger partial charge in [-0.2, -0.15) is 0 Å². The Balaban J connectivity index is 2.57. The SMILES string of the molecule is NC(Cc1ccc(O)cc1)C(=O)N[C@@H](CCO)C(=O)O. The van der Waals surface area contributed by atoms with Gasteiger partial charge in [0.05, 0.1) is 6.04 Å². The first kappa shape index (κ1) is 15.9. The Morgan fingerprint density at radius 3 is 2.35 bits per heavy atom. The molecule has 1 unspecified atom stereocenters. The molecule has 0 saturated carbocycles. The zero-order valence-electron chi connectivity index (χ0n) is 10.8. The van der Waals surface area contributed by atoms with E-state index in [9.17, 15) is 9.59 Å². The number of phenols is 1. The Morgan fingerprint density at radius 1 is 1.25 bits per heavy atom. The van der Waals surface area contributed by atoms with Crippen molar-refractivity contribution < 1.29 is 24.9 Å². The van der Waals surface area contributed by atoms with Gasteiger partial charge in [0.1, 0.15) is 11.8 Å². The summed E-state index contributed by atoms with van der Waals surface area (Å²) in [5.74, 6) is -1.70. The summed E-state index contributed by atoms with van der Waals surface area (Å²) in [6.45, 7) is -0.343. The molecule has 7 heteroatoms. The molecule has 0 aliphatic rings. The molecule has 0 heterocycles. The second-order valence-electron chi connectivity index (χ2n) is 4.39. The van der Waals surface area contributed by atoms with Crippen molar-refractivity contribution in [2.24, 2.45) is 5.73 Å². The summed E-state index contributed by atoms with van der Waals surface area (Å²) in [6, 6.07) is 4.16. The van der Waals surface area contributed by atoms with E-state index in [-0.39, 0.29) is 25.2 Å². The number of nitrogens with two attached hydrogens (primary N) is 1. The van der Waals surface area contributed by atoms with E-state index in [0.29, 0.717) is 0 Å². The quantitative estimate of drug-likeness (QED) is 0.445. The molecule has 0 aliphatic carbocycles. The molecule has 1 aromatic carbocycles. The Morgan fingerprint density at radius 2 is 1.85 bits per heavy atom. The third-order valence-electron chi connectivity index (χ3n) is 2.76. The van der Waals surface area contributed by atoms with Gasteiger partial charge in [-0.15, -0.1) is 0 Å². The molecule has 2 atom stereocenters. The standard InChI is InChI=1S/C13H18N2O5/c14-10(7-8-1-3-9(17)4-2-8)12(18)15-11(5-6-16)13(19)20/h1-4,10-11,16-17H,5-7,14H2,(H,15,18)(H,19,20)/t10?,11-/m0/s1. The van der Waals surface area contributed by atoms with Gasteiger partial charge < -0.3 is 26.4 Å². The predicted octanol–water partition coefficient (Wildman–Crippen LogP) is -0.786. The predicted molar refractivity (Wildman–Crippen MR) is 71.1 cm³/mol. The number of hydrogen-bond donors (Lipinski definition) is 5. The fourth-order valence-corrected chi connectivity index (χ4v) is 1.64. The third kappa shape index (κ3) is 4.87. The van der Waals surface area contributed by atoms with E-state index in [1.165, 1.54) is 12.1 Å². The minimum atomic E-state index is -1.22. The van der Waals surface area contributed by atoms with Crippen molar-refractivity contribution in [3.63, 3.8) is 0 Å². The lowest BCUT2D eigenvalue weighted by Gasteiger charge is -2.17. The van der Waals surface area contributed by atoms with Gasteiger partial charge >= 0.3 is 5.97 Å². The molecule has 0 bridgehead atoms. The number of phenolic OH excluding ortho intramolecular Hbond substituents is 1. The van der Waals surface area contributed by atoms with Gasteiger partial charge in [0.15, 0.2) is 0 Å². The summed E-state index contributed by atoms with van der Waals surface area (Å²) in [5, 5.41) is 29.0. The van der Waals surface area contributed by atoms with Crippen LogP contribution in [0.1, 0.15) is 12.0 Å². The van der Waals surface area contributed by atoms with E-state index in [2.05, 4.69) is 5.32 Å². The number of rotatable bonds is 7. The largest absolute Gasteiger partial charge is 0.508 e. The van der Waals surface area contributed by atoms with E-state index in [4.69, 9.17) is 21.1 Å². The highest BCUT2D eigenvalue weighted by Crippen LogP contribution is 2.11. The smallest absolute Gasteiger partial charge is 0.326 e. The number of aliphatic carboxylic acids is 1. The number of aliphatic hydroxyl groups excluding tert-OH is 1. The van der Waals surface area contributed by atoms with E-state index in [0.717, 1.165) is 5.56 Å². The van der Waals surface area contributed by atoms with Gasteiger partial charge in [-0.25, -0.2) is 4.79 Å². The first-order valence-electron chi connectivity index (χ1n) is 6.11. The molecule has 20 heavy (non-hydrogen) atoms. The Hall–Kier alpha value is -2.12. The van der Waals surface area contributed by atoms with Crippen molar-refractivity contribution in [1.82, 2.24) is 5.32 Å². The lowest BCUT2D eigenvalue weighted by molar-refractivity contribution is -0.142. The molecule has 0 saturated heterocycles. The summed E-state index contributed by atoms with van der Waals surface area (Å²) in [4.78, 5) is 22.6. The average Bonchev–Trinajstić information content (AvgIpc) is 2.40. The second-order valence-corrected chi connectivity index (χ2v) is 4.39. The minimum Gasteiger partial charge on any atom is -0.508 e. The van der Waals surface area contributed by atoms with Crippen LogP contribution < -0.4 is 11.1 Å². The molecule has 6 N–H and O–H groups in total. The maximum absolute atomic E-state index is 11.8. The van der Waals surface area contributed by atoms with Crippen LogP contribution in [0, 0.1) is 0 Å². The molecular weight excluding hydrogens is 264 g/mol. The van der Waals surface area contributed by atoms with E-state index < -0.39 is 24.0 Å². The molecular formula is C13H18N2O5. The molecule has 1 rings (SSSR count). The van der Waals surface area contributed by atoms with E-state index >= 15 is 0 Å². The average molecular weight is 282 g/mol. The van der Waals surface area contributed by atoms with Crippen molar-refractivity contribution in [2.45, 2.75) is 24.9 Å². The number of carbonyl (C=O) groups excluding carboxylic acids is 1. The molecule has 0 fully saturated rings. The topological polar surface area (TPSA) is 133 Å². The van der Waals surface area contributed by atoms with Gasteiger partial charge in [0.25, 0.3) is 0 Å². The number of amides is 1. The first-order chi connectivity index (χ1) is 9.43. The van der Waals surface area contributed by atoms with Crippen LogP contribution in [0.4, 0.5) is 0 Å². The van der Waals surface area contributed by atoms with E-state index in [1.54, 1.807) is 12.1 Å². The monoisotopic (exact) mass is 282 g/mol. The highest BCUT2D eigenvalue weighted by atomic mass is 16.4. The highest BCUT2D eigenvalue weighted by molar-refractivity contribution is 5.86. The molecule has 7 nitrogen and oxygen atoms in total. The summed E-state index contributed by atoms with van der Waals surface area (Å²) >= 11 is 0. The van der Waals surface area contributed by atoms with Crippen molar-refractivity contribution >= 4 is 11.9 Å². The van der Waals surface area contributed by atoms with Gasteiger partial charge in [0.2, 0.25) is 5.91 Å². The molecule has 0 aromatic heterocycles. The number of carboxylic acids is 1. The van der Waals surface area contributed by atoms with Crippen LogP contribution in [0.15, 0.2) is 24.3 Å². The summed E-state index contributed by atoms with van der Waals surface area (Å²) in [6.07, 6.45) is 0.143. The molecule has 110 valence electrons. The number of hydrogen-bond acceptors (Lipinski definition) is 5. The maximum Gasteiger partial charge on any atom is 0.326 e. The molecule has 0 aliphatic heterocycles. The van der Waals surface area contributed by atoms with Crippen LogP contribution in [0.5, 0.6) is 5.75 Å². The number of aliphatic hydroxyl groups is 1. The number of benzene rings is 1. The Labute approximate surface area is 116 Å². The number of carboxylic acid groups (broad SMARTS) is 1. The zero-order chi connectivity index (χ0) is 15.1. The number of carbonyl (C=O) groups is 2. The summed E-state index contributed by atoms with van der Waals surface area (Å²) < 4.78 is 0. The highest BCUT2D eigenvalue weighted by Gasteiger charge is 2.22. The van der Waals surface area contributed by atoms with Gasteiger partial charge in [0, 0.05) is 13.0 Å². The second kappa shape index (κ2) is 7.46. The first-order valence-corrected chi connectivity index (χ1v) is 6.11. The molecule has 1 amide bonds. The summed E-state index contributed by atoms with van der Waals surface area (Å²) in [5.41, 5.74) is 6.45. The minimum absolute atomic E-state index is 0.0764. The molecule has 0 radical (unpaired) electrons. The van der Waals surface area contributed by atoms with Gasteiger partial charge in [-0.3, -0.25) is 4.79 Å². The van der Waals surface area contributed by atoms with Crippen molar-refractivity contribution in [1.29, 1.82) is 0 Å². The zero-order valence-corrected chi connectivity index (χ0v) is 10.8. The third-order valence-corrected chi connectivity index (χ3v) is 2.76. The van der Waals surface area contributed by atoms with Crippen LogP contribution in [0.25, 0.3) is 0 Å². The van der Waals surface area contributed by atoms with Crippen LogP contribution in [-0.2, 0) is 16.0 Å². The normalized spacial score (nSPS) is 13.5. The molecule has 1 aromatic rings. The lowest BCUT2D eigenvalue weighted by atomic mass is 10.1. The Kier molecular flexibility index (Phi) is 5.95. The lowest BCUT2D eigenvalue weighted by Crippen LogP contribution is -2.49. The number of aromatic hydroxyl groups is 1. The van der Waals surface area contributed by atoms with Gasteiger partial charge in [-0.05, 0) is 24.1 Å². The maximum atomic E-state index is 11.8. The van der Waals surface area contributed by atoms with Crippen molar-refractivity contribution in [3.8, 4) is 5.75 Å².